The second kappa shape index (κ2) is 8.88. The van der Waals surface area contributed by atoms with Crippen LogP contribution in [0.1, 0.15) is 15.4 Å². The fourth-order valence-corrected chi connectivity index (χ4v) is 3.75. The highest BCUT2D eigenvalue weighted by atomic mass is 35.5. The van der Waals surface area contributed by atoms with E-state index in [0.717, 1.165) is 22.1 Å². The van der Waals surface area contributed by atoms with Crippen molar-refractivity contribution in [3.63, 3.8) is 0 Å². The first-order chi connectivity index (χ1) is 13.1. The van der Waals surface area contributed by atoms with Gasteiger partial charge in [-0.15, -0.1) is 11.3 Å². The number of nitrogens with zero attached hydrogens (tertiary/aromatic N) is 1. The molecule has 1 aromatic heterocycles. The fraction of sp³-hybridized carbons (Fsp3) is 0.200. The molecule has 0 atom stereocenters. The Morgan fingerprint density at radius 1 is 1.15 bits per heavy atom. The van der Waals surface area contributed by atoms with Gasteiger partial charge in [0.25, 0.3) is 5.91 Å². The summed E-state index contributed by atoms with van der Waals surface area (Å²) in [5.74, 6) is 1.33. The van der Waals surface area contributed by atoms with Crippen molar-refractivity contribution in [2.75, 3.05) is 20.3 Å². The molecule has 0 saturated carbocycles. The maximum Gasteiger partial charge on any atom is 0.263 e. The zero-order valence-corrected chi connectivity index (χ0v) is 16.6. The molecule has 3 rings (SSSR count). The standard InChI is InChI=1S/C20H19ClN2O3S/c1-13-18(27-20(23-13)16-5-3-4-6-17(16)21)19(24)22-11-12-26-15-9-7-14(25-2)8-10-15/h3-10H,11-12H2,1-2H3,(H,22,24). The predicted molar refractivity (Wildman–Crippen MR) is 108 cm³/mol. The third kappa shape index (κ3) is 4.78. The van der Waals surface area contributed by atoms with Gasteiger partial charge in [-0.05, 0) is 37.3 Å². The molecule has 0 radical (unpaired) electrons. The van der Waals surface area contributed by atoms with Crippen molar-refractivity contribution in [3.8, 4) is 22.1 Å². The summed E-state index contributed by atoms with van der Waals surface area (Å²) in [4.78, 5) is 17.5. The van der Waals surface area contributed by atoms with E-state index < -0.39 is 0 Å². The molecule has 3 aromatic rings. The second-order valence-electron chi connectivity index (χ2n) is 5.69. The first kappa shape index (κ1) is 19.2. The normalized spacial score (nSPS) is 10.5. The van der Waals surface area contributed by atoms with Crippen LogP contribution in [0.3, 0.4) is 0 Å². The molecule has 2 aromatic carbocycles. The molecule has 1 N–H and O–H groups in total. The summed E-state index contributed by atoms with van der Waals surface area (Å²) in [6.07, 6.45) is 0. The molecular weight excluding hydrogens is 384 g/mol. The Morgan fingerprint density at radius 3 is 2.56 bits per heavy atom. The van der Waals surface area contributed by atoms with Gasteiger partial charge < -0.3 is 14.8 Å². The summed E-state index contributed by atoms with van der Waals surface area (Å²) in [5, 5.41) is 4.21. The van der Waals surface area contributed by atoms with Gasteiger partial charge in [-0.25, -0.2) is 4.98 Å². The first-order valence-corrected chi connectivity index (χ1v) is 9.55. The first-order valence-electron chi connectivity index (χ1n) is 8.36. The third-order valence-electron chi connectivity index (χ3n) is 3.82. The largest absolute Gasteiger partial charge is 0.497 e. The van der Waals surface area contributed by atoms with Crippen molar-refractivity contribution in [2.45, 2.75) is 6.92 Å². The maximum atomic E-state index is 12.4. The van der Waals surface area contributed by atoms with Crippen LogP contribution in [0.4, 0.5) is 0 Å². The molecule has 27 heavy (non-hydrogen) atoms. The Kier molecular flexibility index (Phi) is 6.32. The molecule has 0 aliphatic heterocycles. The van der Waals surface area contributed by atoms with E-state index in [4.69, 9.17) is 21.1 Å². The summed E-state index contributed by atoms with van der Waals surface area (Å²) in [6, 6.07) is 14.8. The number of aryl methyl sites for hydroxylation is 1. The van der Waals surface area contributed by atoms with Crippen molar-refractivity contribution in [1.29, 1.82) is 0 Å². The number of aromatic nitrogens is 1. The van der Waals surface area contributed by atoms with Crippen molar-refractivity contribution in [2.24, 2.45) is 0 Å². The van der Waals surface area contributed by atoms with E-state index in [9.17, 15) is 4.79 Å². The van der Waals surface area contributed by atoms with Crippen molar-refractivity contribution < 1.29 is 14.3 Å². The number of carbonyl (C=O) groups is 1. The number of thiazole rings is 1. The minimum Gasteiger partial charge on any atom is -0.497 e. The zero-order chi connectivity index (χ0) is 19.2. The minimum absolute atomic E-state index is 0.165. The van der Waals surface area contributed by atoms with E-state index in [1.807, 2.05) is 55.5 Å². The van der Waals surface area contributed by atoms with Crippen molar-refractivity contribution in [1.82, 2.24) is 10.3 Å². The smallest absolute Gasteiger partial charge is 0.263 e. The number of nitrogens with one attached hydrogen (secondary N) is 1. The van der Waals surface area contributed by atoms with Gasteiger partial charge in [0.15, 0.2) is 0 Å². The van der Waals surface area contributed by atoms with Crippen LogP contribution in [0, 0.1) is 6.92 Å². The second-order valence-corrected chi connectivity index (χ2v) is 7.10. The molecule has 0 bridgehead atoms. The summed E-state index contributed by atoms with van der Waals surface area (Å²) < 4.78 is 10.7. The van der Waals surface area contributed by atoms with E-state index >= 15 is 0 Å². The molecule has 1 heterocycles. The average molecular weight is 403 g/mol. The third-order valence-corrected chi connectivity index (χ3v) is 5.34. The van der Waals surface area contributed by atoms with Gasteiger partial charge in [-0.1, -0.05) is 29.8 Å². The number of benzene rings is 2. The zero-order valence-electron chi connectivity index (χ0n) is 15.0. The van der Waals surface area contributed by atoms with Crippen LogP contribution in [0.15, 0.2) is 48.5 Å². The molecule has 0 aliphatic rings. The topological polar surface area (TPSA) is 60.5 Å². The Balaban J connectivity index is 1.56. The quantitative estimate of drug-likeness (QED) is 0.587. The molecule has 0 unspecified atom stereocenters. The van der Waals surface area contributed by atoms with E-state index in [0.29, 0.717) is 28.7 Å². The highest BCUT2D eigenvalue weighted by molar-refractivity contribution is 7.17. The highest BCUT2D eigenvalue weighted by Gasteiger charge is 2.17. The van der Waals surface area contributed by atoms with Crippen molar-refractivity contribution in [3.05, 3.63) is 64.1 Å². The Morgan fingerprint density at radius 2 is 1.85 bits per heavy atom. The van der Waals surface area contributed by atoms with Gasteiger partial charge in [-0.2, -0.15) is 0 Å². The number of rotatable bonds is 7. The Bertz CT molecular complexity index is 925. The molecular formula is C20H19ClN2O3S. The summed E-state index contributed by atoms with van der Waals surface area (Å²) in [6.45, 7) is 2.58. The summed E-state index contributed by atoms with van der Waals surface area (Å²) >= 11 is 7.55. The number of hydrogen-bond donors (Lipinski definition) is 1. The van der Waals surface area contributed by atoms with Crippen LogP contribution in [0.2, 0.25) is 5.02 Å². The number of ether oxygens (including phenoxy) is 2. The SMILES string of the molecule is COc1ccc(OCCNC(=O)c2sc(-c3ccccc3Cl)nc2C)cc1. The molecule has 5 nitrogen and oxygen atoms in total. The summed E-state index contributed by atoms with van der Waals surface area (Å²) in [5.41, 5.74) is 1.51. The van der Waals surface area contributed by atoms with Crippen LogP contribution < -0.4 is 14.8 Å². The number of hydrogen-bond acceptors (Lipinski definition) is 5. The molecule has 0 aliphatic carbocycles. The van der Waals surface area contributed by atoms with Gasteiger partial charge >= 0.3 is 0 Å². The lowest BCUT2D eigenvalue weighted by molar-refractivity contribution is 0.0950. The lowest BCUT2D eigenvalue weighted by Gasteiger charge is -2.08. The van der Waals surface area contributed by atoms with E-state index in [-0.39, 0.29) is 5.91 Å². The van der Waals surface area contributed by atoms with Crippen LogP contribution in [-0.4, -0.2) is 31.2 Å². The lowest BCUT2D eigenvalue weighted by Crippen LogP contribution is -2.27. The van der Waals surface area contributed by atoms with Crippen LogP contribution in [0.25, 0.3) is 10.6 Å². The number of halogens is 1. The van der Waals surface area contributed by atoms with Gasteiger partial charge in [0.05, 0.1) is 24.4 Å². The van der Waals surface area contributed by atoms with Gasteiger partial charge in [-0.3, -0.25) is 4.79 Å². The van der Waals surface area contributed by atoms with Gasteiger partial charge in [0.2, 0.25) is 0 Å². The molecule has 0 spiro atoms. The van der Waals surface area contributed by atoms with Crippen LogP contribution in [-0.2, 0) is 0 Å². The molecule has 1 amide bonds. The monoisotopic (exact) mass is 402 g/mol. The Labute approximate surface area is 166 Å². The fourth-order valence-electron chi connectivity index (χ4n) is 2.44. The molecule has 7 heteroatoms. The summed E-state index contributed by atoms with van der Waals surface area (Å²) in [7, 11) is 1.62. The van der Waals surface area contributed by atoms with Crippen molar-refractivity contribution >= 4 is 28.8 Å². The average Bonchev–Trinajstić information content (AvgIpc) is 3.07. The minimum atomic E-state index is -0.165. The van der Waals surface area contributed by atoms with Gasteiger partial charge in [0.1, 0.15) is 28.0 Å². The lowest BCUT2D eigenvalue weighted by atomic mass is 10.2. The van der Waals surface area contributed by atoms with E-state index in [1.54, 1.807) is 7.11 Å². The number of amides is 1. The van der Waals surface area contributed by atoms with Crippen LogP contribution in [0.5, 0.6) is 11.5 Å². The van der Waals surface area contributed by atoms with E-state index in [2.05, 4.69) is 10.3 Å². The number of carbonyl (C=O) groups excluding carboxylic acids is 1. The van der Waals surface area contributed by atoms with Crippen LogP contribution >= 0.6 is 22.9 Å². The Hall–Kier alpha value is -2.57. The molecule has 140 valence electrons. The highest BCUT2D eigenvalue weighted by Crippen LogP contribution is 2.32. The maximum absolute atomic E-state index is 12.4. The predicted octanol–water partition coefficient (Wildman–Crippen LogP) is 4.59. The molecule has 0 saturated heterocycles. The van der Waals surface area contributed by atoms with E-state index in [1.165, 1.54) is 11.3 Å². The van der Waals surface area contributed by atoms with Gasteiger partial charge in [0, 0.05) is 5.56 Å². The number of methoxy groups -OCH3 is 1. The molecule has 0 fully saturated rings.